The Morgan fingerprint density at radius 1 is 1.21 bits per heavy atom. The Balaban J connectivity index is 2.46. The summed E-state index contributed by atoms with van der Waals surface area (Å²) in [5.41, 5.74) is 4.72. The molecule has 0 bridgehead atoms. The van der Waals surface area contributed by atoms with Crippen molar-refractivity contribution >= 4 is 16.9 Å². The number of carboxylic acid groups (broad SMARTS) is 1. The molecule has 0 fully saturated rings. The van der Waals surface area contributed by atoms with Crippen LogP contribution in [0.2, 0.25) is 0 Å². The maximum absolute atomic E-state index is 11.7. The van der Waals surface area contributed by atoms with Crippen LogP contribution >= 0.6 is 0 Å². The van der Waals surface area contributed by atoms with Crippen LogP contribution in [-0.2, 0) is 13.1 Å². The number of aromatic nitrogens is 1. The van der Waals surface area contributed by atoms with Gasteiger partial charge in [0, 0.05) is 30.7 Å². The Morgan fingerprint density at radius 2 is 1.89 bits per heavy atom. The Bertz CT molecular complexity index is 685. The predicted molar refractivity (Wildman–Crippen MR) is 74.7 cm³/mol. The van der Waals surface area contributed by atoms with Crippen molar-refractivity contribution in [3.05, 3.63) is 34.5 Å². The van der Waals surface area contributed by atoms with Gasteiger partial charge in [-0.3, -0.25) is 4.90 Å². The van der Waals surface area contributed by atoms with E-state index < -0.39 is 5.97 Å². The molecule has 0 spiro atoms. The highest BCUT2D eigenvalue weighted by atomic mass is 16.4. The molecule has 1 aromatic heterocycles. The fourth-order valence-electron chi connectivity index (χ4n) is 3.12. The summed E-state index contributed by atoms with van der Waals surface area (Å²) in [6, 6.07) is 4.09. The first kappa shape index (κ1) is 12.2. The first-order valence-electron chi connectivity index (χ1n) is 6.54. The average Bonchev–Trinajstić information content (AvgIpc) is 2.69. The number of hydrogen-bond donors (Lipinski definition) is 1. The molecular weight excluding hydrogens is 240 g/mol. The van der Waals surface area contributed by atoms with E-state index in [0.717, 1.165) is 40.8 Å². The van der Waals surface area contributed by atoms with Crippen molar-refractivity contribution in [2.24, 2.45) is 0 Å². The Hall–Kier alpha value is -1.81. The molecule has 4 nitrogen and oxygen atoms in total. The number of nitrogens with zero attached hydrogens (tertiary/aromatic N) is 2. The lowest BCUT2D eigenvalue weighted by molar-refractivity contribution is 0.0695. The first-order valence-corrected chi connectivity index (χ1v) is 6.54. The van der Waals surface area contributed by atoms with E-state index in [1.54, 1.807) is 0 Å². The molecule has 0 aliphatic carbocycles. The molecule has 0 amide bonds. The smallest absolute Gasteiger partial charge is 0.338 e. The average molecular weight is 258 g/mol. The molecule has 0 radical (unpaired) electrons. The zero-order chi connectivity index (χ0) is 13.7. The van der Waals surface area contributed by atoms with Crippen LogP contribution in [0.15, 0.2) is 12.1 Å². The van der Waals surface area contributed by atoms with Crippen molar-refractivity contribution in [3.63, 3.8) is 0 Å². The van der Waals surface area contributed by atoms with E-state index in [1.807, 2.05) is 20.0 Å². The quantitative estimate of drug-likeness (QED) is 0.854. The zero-order valence-electron chi connectivity index (χ0n) is 11.5. The SMILES string of the molecule is Cc1ccc(C)c2c1c(C(=O)O)c1n2CCN(C)C1. The standard InChI is InChI=1S/C15H18N2O2/c1-9-4-5-10(2)14-12(9)13(15(18)19)11-8-16(3)6-7-17(11)14/h4-5H,6-8H2,1-3H3,(H,18,19). The highest BCUT2D eigenvalue weighted by molar-refractivity contribution is 6.07. The van der Waals surface area contributed by atoms with E-state index >= 15 is 0 Å². The van der Waals surface area contributed by atoms with Gasteiger partial charge in [-0.25, -0.2) is 4.79 Å². The van der Waals surface area contributed by atoms with Gasteiger partial charge in [0.05, 0.1) is 11.1 Å². The monoisotopic (exact) mass is 258 g/mol. The molecule has 1 N–H and O–H groups in total. The van der Waals surface area contributed by atoms with E-state index in [4.69, 9.17) is 0 Å². The third-order valence-corrected chi connectivity index (χ3v) is 4.06. The summed E-state index contributed by atoms with van der Waals surface area (Å²) in [5, 5.41) is 10.5. The third-order valence-electron chi connectivity index (χ3n) is 4.06. The minimum absolute atomic E-state index is 0.489. The Kier molecular flexibility index (Phi) is 2.64. The van der Waals surface area contributed by atoms with Crippen molar-refractivity contribution in [2.45, 2.75) is 26.9 Å². The van der Waals surface area contributed by atoms with Crippen LogP contribution in [0, 0.1) is 13.8 Å². The van der Waals surface area contributed by atoms with Crippen LogP contribution in [0.4, 0.5) is 0 Å². The van der Waals surface area contributed by atoms with Crippen molar-refractivity contribution in [1.29, 1.82) is 0 Å². The summed E-state index contributed by atoms with van der Waals surface area (Å²) >= 11 is 0. The molecule has 4 heteroatoms. The largest absolute Gasteiger partial charge is 0.478 e. The molecule has 2 aromatic rings. The first-order chi connectivity index (χ1) is 9.00. The normalized spacial score (nSPS) is 15.7. The van der Waals surface area contributed by atoms with Crippen LogP contribution in [0.3, 0.4) is 0 Å². The summed E-state index contributed by atoms with van der Waals surface area (Å²) in [6.07, 6.45) is 0. The summed E-state index contributed by atoms with van der Waals surface area (Å²) in [5.74, 6) is -0.817. The molecular formula is C15H18N2O2. The van der Waals surface area contributed by atoms with Crippen LogP contribution in [0.1, 0.15) is 27.2 Å². The molecule has 1 aliphatic rings. The number of benzene rings is 1. The molecule has 0 atom stereocenters. The number of fused-ring (bicyclic) bond motifs is 3. The number of aryl methyl sites for hydroxylation is 2. The van der Waals surface area contributed by atoms with Gasteiger partial charge in [0.25, 0.3) is 0 Å². The predicted octanol–water partition coefficient (Wildman–Crippen LogP) is 2.40. The number of hydrogen-bond acceptors (Lipinski definition) is 2. The Labute approximate surface area is 112 Å². The minimum atomic E-state index is -0.817. The minimum Gasteiger partial charge on any atom is -0.478 e. The van der Waals surface area contributed by atoms with Gasteiger partial charge in [0.2, 0.25) is 0 Å². The van der Waals surface area contributed by atoms with Gasteiger partial charge in [-0.15, -0.1) is 0 Å². The summed E-state index contributed by atoms with van der Waals surface area (Å²) in [4.78, 5) is 13.9. The molecule has 2 heterocycles. The molecule has 0 unspecified atom stereocenters. The van der Waals surface area contributed by atoms with Gasteiger partial charge in [0.15, 0.2) is 0 Å². The maximum atomic E-state index is 11.7. The molecule has 1 aliphatic heterocycles. The highest BCUT2D eigenvalue weighted by Crippen LogP contribution is 2.33. The molecule has 3 rings (SSSR count). The molecule has 1 aromatic carbocycles. The van der Waals surface area contributed by atoms with Crippen LogP contribution in [0.25, 0.3) is 10.9 Å². The lowest BCUT2D eigenvalue weighted by atomic mass is 10.0. The van der Waals surface area contributed by atoms with Crippen molar-refractivity contribution in [2.75, 3.05) is 13.6 Å². The van der Waals surface area contributed by atoms with E-state index in [-0.39, 0.29) is 0 Å². The lowest BCUT2D eigenvalue weighted by Crippen LogP contribution is -2.31. The van der Waals surface area contributed by atoms with Crippen LogP contribution in [0.5, 0.6) is 0 Å². The van der Waals surface area contributed by atoms with Crippen molar-refractivity contribution in [1.82, 2.24) is 9.47 Å². The molecule has 0 saturated heterocycles. The second-order valence-corrected chi connectivity index (χ2v) is 5.44. The van der Waals surface area contributed by atoms with Gasteiger partial charge < -0.3 is 9.67 Å². The van der Waals surface area contributed by atoms with E-state index in [9.17, 15) is 9.90 Å². The summed E-state index contributed by atoms with van der Waals surface area (Å²) in [6.45, 7) is 6.57. The van der Waals surface area contributed by atoms with E-state index in [0.29, 0.717) is 12.1 Å². The number of carboxylic acids is 1. The lowest BCUT2D eigenvalue weighted by Gasteiger charge is -2.25. The van der Waals surface area contributed by atoms with E-state index in [1.165, 1.54) is 0 Å². The van der Waals surface area contributed by atoms with E-state index in [2.05, 4.69) is 22.5 Å². The van der Waals surface area contributed by atoms with Gasteiger partial charge >= 0.3 is 5.97 Å². The van der Waals surface area contributed by atoms with Gasteiger partial charge in [-0.2, -0.15) is 0 Å². The van der Waals surface area contributed by atoms with Gasteiger partial charge in [-0.05, 0) is 32.0 Å². The fourth-order valence-corrected chi connectivity index (χ4v) is 3.12. The van der Waals surface area contributed by atoms with Crippen molar-refractivity contribution < 1.29 is 9.90 Å². The van der Waals surface area contributed by atoms with Crippen LogP contribution in [-0.4, -0.2) is 34.1 Å². The second-order valence-electron chi connectivity index (χ2n) is 5.44. The van der Waals surface area contributed by atoms with Gasteiger partial charge in [0.1, 0.15) is 0 Å². The number of carbonyl (C=O) groups is 1. The summed E-state index contributed by atoms with van der Waals surface area (Å²) in [7, 11) is 2.03. The molecule has 100 valence electrons. The Morgan fingerprint density at radius 3 is 2.58 bits per heavy atom. The number of aromatic carboxylic acids is 1. The maximum Gasteiger partial charge on any atom is 0.338 e. The number of likely N-dealkylation sites (N-methyl/N-ethyl adjacent to an activating group) is 1. The zero-order valence-corrected chi connectivity index (χ0v) is 11.5. The molecule has 0 saturated carbocycles. The topological polar surface area (TPSA) is 45.5 Å². The fraction of sp³-hybridized carbons (Fsp3) is 0.400. The third kappa shape index (κ3) is 1.67. The van der Waals surface area contributed by atoms with Crippen LogP contribution < -0.4 is 0 Å². The van der Waals surface area contributed by atoms with Gasteiger partial charge in [-0.1, -0.05) is 12.1 Å². The summed E-state index contributed by atoms with van der Waals surface area (Å²) < 4.78 is 2.20. The molecule has 19 heavy (non-hydrogen) atoms. The highest BCUT2D eigenvalue weighted by Gasteiger charge is 2.27. The second kappa shape index (κ2) is 4.10. The van der Waals surface area contributed by atoms with Crippen molar-refractivity contribution in [3.8, 4) is 0 Å². The number of rotatable bonds is 1.